The molecule has 0 aliphatic carbocycles. The summed E-state index contributed by atoms with van der Waals surface area (Å²) < 4.78 is 38.2. The first kappa shape index (κ1) is 15.6. The molecule has 0 saturated carbocycles. The molecule has 0 fully saturated rings. The number of hydrogen-bond donors (Lipinski definition) is 2. The summed E-state index contributed by atoms with van der Waals surface area (Å²) in [6.45, 7) is 1.13. The van der Waals surface area contributed by atoms with Crippen LogP contribution >= 0.6 is 11.6 Å². The number of anilines is 1. The number of amides is 1. The number of nitrogens with one attached hydrogen (secondary N) is 2. The van der Waals surface area contributed by atoms with Crippen LogP contribution in [0.25, 0.3) is 0 Å². The van der Waals surface area contributed by atoms with Gasteiger partial charge in [-0.15, -0.1) is 0 Å². The number of halogens is 4. The van der Waals surface area contributed by atoms with Crippen LogP contribution in [0.5, 0.6) is 0 Å². The Morgan fingerprint density at radius 2 is 2.10 bits per heavy atom. The second kappa shape index (κ2) is 6.34. The third kappa shape index (κ3) is 4.10. The molecule has 1 aromatic rings. The van der Waals surface area contributed by atoms with Crippen molar-refractivity contribution in [3.63, 3.8) is 0 Å². The summed E-state index contributed by atoms with van der Waals surface area (Å²) in [5.41, 5.74) is -0.969. The smallest absolute Gasteiger partial charge is 0.366 e. The Bertz CT molecular complexity index is 572. The summed E-state index contributed by atoms with van der Waals surface area (Å²) in [4.78, 5) is 16.0. The predicted molar refractivity (Wildman–Crippen MR) is 74.6 cm³/mol. The minimum absolute atomic E-state index is 0.0190. The molecule has 21 heavy (non-hydrogen) atoms. The second-order valence-electron chi connectivity index (χ2n) is 4.51. The number of amidine groups is 1. The van der Waals surface area contributed by atoms with Crippen molar-refractivity contribution in [3.8, 4) is 0 Å². The van der Waals surface area contributed by atoms with Crippen molar-refractivity contribution in [2.45, 2.75) is 19.0 Å². The maximum Gasteiger partial charge on any atom is 0.417 e. The molecular formula is C13H13ClF3N3O. The van der Waals surface area contributed by atoms with Gasteiger partial charge in [-0.25, -0.2) is 0 Å². The normalized spacial score (nSPS) is 15.7. The molecule has 0 bridgehead atoms. The fraction of sp³-hybridized carbons (Fsp3) is 0.385. The van der Waals surface area contributed by atoms with Gasteiger partial charge in [0.05, 0.1) is 10.6 Å². The third-order valence-corrected chi connectivity index (χ3v) is 3.22. The molecule has 1 aliphatic rings. The first-order chi connectivity index (χ1) is 9.88. The largest absolute Gasteiger partial charge is 0.417 e. The number of hydrogen-bond acceptors (Lipinski definition) is 3. The standard InChI is InChI=1S/C13H13ClF3N3O/c14-10-4-3-8(7-9(10)13(15,16)17)20-12(21)11-18-5-1-2-6-19-11/h3-4,7H,1-2,5-6H2,(H,18,19)(H,20,21). The minimum Gasteiger partial charge on any atom is -0.366 e. The molecule has 0 aromatic heterocycles. The molecule has 0 unspecified atom stereocenters. The highest BCUT2D eigenvalue weighted by Gasteiger charge is 2.33. The fourth-order valence-electron chi connectivity index (χ4n) is 1.85. The van der Waals surface area contributed by atoms with Gasteiger partial charge < -0.3 is 10.6 Å². The lowest BCUT2D eigenvalue weighted by molar-refractivity contribution is -0.137. The van der Waals surface area contributed by atoms with Crippen molar-refractivity contribution in [2.24, 2.45) is 4.99 Å². The highest BCUT2D eigenvalue weighted by molar-refractivity contribution is 6.42. The topological polar surface area (TPSA) is 53.5 Å². The fourth-order valence-corrected chi connectivity index (χ4v) is 2.08. The van der Waals surface area contributed by atoms with E-state index in [9.17, 15) is 18.0 Å². The molecule has 1 aliphatic heterocycles. The molecule has 2 N–H and O–H groups in total. The number of rotatable bonds is 2. The Balaban J connectivity index is 2.16. The predicted octanol–water partition coefficient (Wildman–Crippen LogP) is 3.08. The van der Waals surface area contributed by atoms with Crippen LogP contribution in [-0.4, -0.2) is 24.8 Å². The van der Waals surface area contributed by atoms with E-state index in [4.69, 9.17) is 11.6 Å². The van der Waals surface area contributed by atoms with Crippen molar-refractivity contribution in [3.05, 3.63) is 28.8 Å². The molecule has 1 heterocycles. The lowest BCUT2D eigenvalue weighted by Crippen LogP contribution is -2.35. The van der Waals surface area contributed by atoms with Gasteiger partial charge in [0.15, 0.2) is 5.84 Å². The van der Waals surface area contributed by atoms with Crippen LogP contribution in [0.1, 0.15) is 18.4 Å². The van der Waals surface area contributed by atoms with Gasteiger partial charge in [-0.1, -0.05) is 11.6 Å². The van der Waals surface area contributed by atoms with E-state index in [0.29, 0.717) is 13.1 Å². The Morgan fingerprint density at radius 1 is 1.33 bits per heavy atom. The number of nitrogens with zero attached hydrogens (tertiary/aromatic N) is 1. The van der Waals surface area contributed by atoms with Crippen LogP contribution in [-0.2, 0) is 11.0 Å². The maximum atomic E-state index is 12.7. The first-order valence-electron chi connectivity index (χ1n) is 6.34. The summed E-state index contributed by atoms with van der Waals surface area (Å²) >= 11 is 5.52. The van der Waals surface area contributed by atoms with Crippen LogP contribution in [0.4, 0.5) is 18.9 Å². The van der Waals surface area contributed by atoms with Crippen molar-refractivity contribution < 1.29 is 18.0 Å². The number of aliphatic imine (C=N–C) groups is 1. The summed E-state index contributed by atoms with van der Waals surface area (Å²) in [5.74, 6) is -0.427. The molecule has 0 spiro atoms. The Kier molecular flexibility index (Phi) is 4.72. The molecule has 0 radical (unpaired) electrons. The Hall–Kier alpha value is -1.76. The zero-order chi connectivity index (χ0) is 15.5. The maximum absolute atomic E-state index is 12.7. The quantitative estimate of drug-likeness (QED) is 0.880. The SMILES string of the molecule is O=C(Nc1ccc(Cl)c(C(F)(F)F)c1)C1=NCCCCN1. The molecule has 0 atom stereocenters. The lowest BCUT2D eigenvalue weighted by Gasteiger charge is -2.12. The van der Waals surface area contributed by atoms with E-state index >= 15 is 0 Å². The number of carbonyl (C=O) groups excluding carboxylic acids is 1. The number of benzene rings is 1. The van der Waals surface area contributed by atoms with Crippen molar-refractivity contribution in [1.82, 2.24) is 5.32 Å². The number of alkyl halides is 3. The van der Waals surface area contributed by atoms with E-state index in [-0.39, 0.29) is 11.5 Å². The second-order valence-corrected chi connectivity index (χ2v) is 4.92. The third-order valence-electron chi connectivity index (χ3n) is 2.89. The average molecular weight is 320 g/mol. The molecule has 0 saturated heterocycles. The van der Waals surface area contributed by atoms with Crippen molar-refractivity contribution >= 4 is 29.0 Å². The van der Waals surface area contributed by atoms with E-state index < -0.39 is 22.7 Å². The van der Waals surface area contributed by atoms with Gasteiger partial charge in [0.25, 0.3) is 5.91 Å². The van der Waals surface area contributed by atoms with Gasteiger partial charge in [-0.2, -0.15) is 13.2 Å². The Morgan fingerprint density at radius 3 is 2.81 bits per heavy atom. The highest BCUT2D eigenvalue weighted by Crippen LogP contribution is 2.36. The lowest BCUT2D eigenvalue weighted by atomic mass is 10.2. The summed E-state index contributed by atoms with van der Waals surface area (Å²) in [5, 5.41) is 4.82. The van der Waals surface area contributed by atoms with E-state index in [1.54, 1.807) is 0 Å². The highest BCUT2D eigenvalue weighted by atomic mass is 35.5. The van der Waals surface area contributed by atoms with Crippen LogP contribution in [0.15, 0.2) is 23.2 Å². The van der Waals surface area contributed by atoms with Crippen molar-refractivity contribution in [2.75, 3.05) is 18.4 Å². The van der Waals surface area contributed by atoms with E-state index in [0.717, 1.165) is 25.0 Å². The van der Waals surface area contributed by atoms with Crippen molar-refractivity contribution in [1.29, 1.82) is 0 Å². The van der Waals surface area contributed by atoms with Gasteiger partial charge in [0, 0.05) is 18.8 Å². The van der Waals surface area contributed by atoms with Gasteiger partial charge >= 0.3 is 6.18 Å². The molecule has 1 amide bonds. The minimum atomic E-state index is -4.57. The van der Waals surface area contributed by atoms with Gasteiger partial charge in [-0.05, 0) is 31.0 Å². The summed E-state index contributed by atoms with van der Waals surface area (Å²) in [6.07, 6.45) is -2.82. The molecule has 1 aromatic carbocycles. The molecular weight excluding hydrogens is 307 g/mol. The molecule has 8 heteroatoms. The van der Waals surface area contributed by atoms with Gasteiger partial charge in [0.2, 0.25) is 0 Å². The monoisotopic (exact) mass is 319 g/mol. The van der Waals surface area contributed by atoms with Gasteiger partial charge in [0.1, 0.15) is 0 Å². The van der Waals surface area contributed by atoms with Crippen LogP contribution in [0.3, 0.4) is 0 Å². The van der Waals surface area contributed by atoms with E-state index in [1.165, 1.54) is 6.07 Å². The molecule has 114 valence electrons. The molecule has 4 nitrogen and oxygen atoms in total. The van der Waals surface area contributed by atoms with Crippen LogP contribution in [0.2, 0.25) is 5.02 Å². The Labute approximate surface area is 124 Å². The van der Waals surface area contributed by atoms with Gasteiger partial charge in [-0.3, -0.25) is 9.79 Å². The zero-order valence-electron chi connectivity index (χ0n) is 10.9. The first-order valence-corrected chi connectivity index (χ1v) is 6.72. The van der Waals surface area contributed by atoms with Crippen LogP contribution < -0.4 is 10.6 Å². The summed E-state index contributed by atoms with van der Waals surface area (Å²) in [7, 11) is 0. The number of carbonyl (C=O) groups is 1. The zero-order valence-corrected chi connectivity index (χ0v) is 11.7. The summed E-state index contributed by atoms with van der Waals surface area (Å²) in [6, 6.07) is 3.21. The average Bonchev–Trinajstić information content (AvgIpc) is 2.68. The molecule has 2 rings (SSSR count). The van der Waals surface area contributed by atoms with E-state index in [1.807, 2.05) is 0 Å². The van der Waals surface area contributed by atoms with E-state index in [2.05, 4.69) is 15.6 Å². The van der Waals surface area contributed by atoms with Crippen LogP contribution in [0, 0.1) is 0 Å².